The minimum atomic E-state index is -4.04. The van der Waals surface area contributed by atoms with Crippen LogP contribution in [-0.2, 0) is 9.84 Å². The van der Waals surface area contributed by atoms with Gasteiger partial charge >= 0.3 is 0 Å². The van der Waals surface area contributed by atoms with Gasteiger partial charge in [-0.2, -0.15) is 5.26 Å². The van der Waals surface area contributed by atoms with Crippen molar-refractivity contribution in [2.75, 3.05) is 5.75 Å². The van der Waals surface area contributed by atoms with Gasteiger partial charge in [0.15, 0.2) is 21.5 Å². The zero-order valence-corrected chi connectivity index (χ0v) is 7.68. The molecule has 14 heavy (non-hydrogen) atoms. The minimum Gasteiger partial charge on any atom is -0.223 e. The SMILES string of the molecule is N#CCS(=O)(=O)c1cccc(F)c1F. The molecule has 74 valence electrons. The van der Waals surface area contributed by atoms with Crippen LogP contribution in [0.5, 0.6) is 0 Å². The van der Waals surface area contributed by atoms with Crippen LogP contribution >= 0.6 is 0 Å². The Bertz CT molecular complexity index is 491. The van der Waals surface area contributed by atoms with Crippen molar-refractivity contribution in [2.24, 2.45) is 0 Å². The van der Waals surface area contributed by atoms with E-state index in [9.17, 15) is 17.2 Å². The summed E-state index contributed by atoms with van der Waals surface area (Å²) in [5, 5.41) is 8.18. The third-order valence-corrected chi connectivity index (χ3v) is 3.00. The van der Waals surface area contributed by atoms with E-state index in [1.54, 1.807) is 0 Å². The van der Waals surface area contributed by atoms with Crippen LogP contribution in [0.3, 0.4) is 0 Å². The molecular formula is C8H5F2NO2S. The Labute approximate surface area is 79.5 Å². The van der Waals surface area contributed by atoms with Gasteiger partial charge in [0, 0.05) is 0 Å². The minimum absolute atomic E-state index is 0.779. The highest BCUT2D eigenvalue weighted by molar-refractivity contribution is 7.91. The quantitative estimate of drug-likeness (QED) is 0.749. The summed E-state index contributed by atoms with van der Waals surface area (Å²) >= 11 is 0. The standard InChI is InChI=1S/C8H5F2NO2S/c9-6-2-1-3-7(8(6)10)14(12,13)5-4-11/h1-3H,5H2. The summed E-state index contributed by atoms with van der Waals surface area (Å²) in [5.41, 5.74) is 0. The lowest BCUT2D eigenvalue weighted by Gasteiger charge is -2.01. The Hall–Kier alpha value is -1.48. The summed E-state index contributed by atoms with van der Waals surface area (Å²) in [4.78, 5) is -0.779. The predicted molar refractivity (Wildman–Crippen MR) is 44.0 cm³/mol. The van der Waals surface area contributed by atoms with Crippen molar-refractivity contribution in [1.29, 1.82) is 5.26 Å². The van der Waals surface area contributed by atoms with Crippen molar-refractivity contribution in [1.82, 2.24) is 0 Å². The van der Waals surface area contributed by atoms with Gasteiger partial charge in [-0.1, -0.05) is 6.07 Å². The Kier molecular flexibility index (Phi) is 2.81. The zero-order valence-electron chi connectivity index (χ0n) is 6.87. The smallest absolute Gasteiger partial charge is 0.194 e. The third kappa shape index (κ3) is 1.88. The van der Waals surface area contributed by atoms with Crippen molar-refractivity contribution in [3.8, 4) is 6.07 Å². The third-order valence-electron chi connectivity index (χ3n) is 1.51. The van der Waals surface area contributed by atoms with Crippen molar-refractivity contribution in [3.63, 3.8) is 0 Å². The van der Waals surface area contributed by atoms with Crippen LogP contribution in [0.15, 0.2) is 23.1 Å². The Morgan fingerprint density at radius 3 is 2.57 bits per heavy atom. The lowest BCUT2D eigenvalue weighted by Crippen LogP contribution is -2.08. The van der Waals surface area contributed by atoms with Crippen LogP contribution in [0, 0.1) is 23.0 Å². The van der Waals surface area contributed by atoms with Crippen LogP contribution in [0.2, 0.25) is 0 Å². The first-order valence-electron chi connectivity index (χ1n) is 3.53. The molecule has 3 nitrogen and oxygen atoms in total. The molecule has 0 fully saturated rings. The largest absolute Gasteiger partial charge is 0.223 e. The van der Waals surface area contributed by atoms with Crippen LogP contribution in [0.1, 0.15) is 0 Å². The summed E-state index contributed by atoms with van der Waals surface area (Å²) in [6.45, 7) is 0. The maximum Gasteiger partial charge on any atom is 0.194 e. The maximum atomic E-state index is 13.0. The molecule has 0 bridgehead atoms. The van der Waals surface area contributed by atoms with Gasteiger partial charge in [0.1, 0.15) is 10.6 Å². The summed E-state index contributed by atoms with van der Waals surface area (Å²) in [7, 11) is -4.04. The van der Waals surface area contributed by atoms with Crippen molar-refractivity contribution >= 4 is 9.84 Å². The van der Waals surface area contributed by atoms with E-state index >= 15 is 0 Å². The number of halogens is 2. The molecular weight excluding hydrogens is 212 g/mol. The molecule has 0 aromatic heterocycles. The maximum absolute atomic E-state index is 13.0. The van der Waals surface area contributed by atoms with E-state index in [1.807, 2.05) is 0 Å². The fourth-order valence-corrected chi connectivity index (χ4v) is 1.87. The molecule has 0 saturated heterocycles. The van der Waals surface area contributed by atoms with Gasteiger partial charge in [-0.3, -0.25) is 0 Å². The Morgan fingerprint density at radius 1 is 1.36 bits per heavy atom. The molecule has 0 aliphatic heterocycles. The lowest BCUT2D eigenvalue weighted by molar-refractivity contribution is 0.485. The van der Waals surface area contributed by atoms with Crippen LogP contribution < -0.4 is 0 Å². The molecule has 0 radical (unpaired) electrons. The molecule has 0 N–H and O–H groups in total. The second-order valence-electron chi connectivity index (χ2n) is 2.47. The number of nitrogens with zero attached hydrogens (tertiary/aromatic N) is 1. The number of benzene rings is 1. The van der Waals surface area contributed by atoms with Gasteiger partial charge in [0.2, 0.25) is 0 Å². The molecule has 0 saturated carbocycles. The van der Waals surface area contributed by atoms with Crippen LogP contribution in [0.25, 0.3) is 0 Å². The van der Waals surface area contributed by atoms with Crippen LogP contribution in [-0.4, -0.2) is 14.2 Å². The van der Waals surface area contributed by atoms with Gasteiger partial charge in [-0.05, 0) is 12.1 Å². The van der Waals surface area contributed by atoms with Crippen molar-refractivity contribution in [2.45, 2.75) is 4.90 Å². The first-order valence-corrected chi connectivity index (χ1v) is 5.18. The normalized spacial score (nSPS) is 10.9. The Balaban J connectivity index is 3.35. The van der Waals surface area contributed by atoms with E-state index in [0.29, 0.717) is 0 Å². The van der Waals surface area contributed by atoms with E-state index in [1.165, 1.54) is 6.07 Å². The summed E-state index contributed by atoms with van der Waals surface area (Å²) in [6.07, 6.45) is 0. The summed E-state index contributed by atoms with van der Waals surface area (Å²) < 4.78 is 47.9. The highest BCUT2D eigenvalue weighted by Crippen LogP contribution is 2.17. The Morgan fingerprint density at radius 2 is 2.00 bits per heavy atom. The summed E-state index contributed by atoms with van der Waals surface area (Å²) in [5.74, 6) is -3.56. The van der Waals surface area contributed by atoms with Gasteiger partial charge in [0.25, 0.3) is 0 Å². The molecule has 1 rings (SSSR count). The average molecular weight is 217 g/mol. The molecule has 0 atom stereocenters. The van der Waals surface area contributed by atoms with Gasteiger partial charge in [-0.15, -0.1) is 0 Å². The van der Waals surface area contributed by atoms with E-state index in [0.717, 1.165) is 18.2 Å². The second kappa shape index (κ2) is 3.72. The molecule has 0 aliphatic rings. The molecule has 0 heterocycles. The van der Waals surface area contributed by atoms with Gasteiger partial charge in [0.05, 0.1) is 6.07 Å². The van der Waals surface area contributed by atoms with Crippen molar-refractivity contribution < 1.29 is 17.2 Å². The summed E-state index contributed by atoms with van der Waals surface area (Å²) in [6, 6.07) is 4.18. The number of nitriles is 1. The second-order valence-corrected chi connectivity index (χ2v) is 4.43. The van der Waals surface area contributed by atoms with Gasteiger partial charge < -0.3 is 0 Å². The van der Waals surface area contributed by atoms with Gasteiger partial charge in [-0.25, -0.2) is 17.2 Å². The van der Waals surface area contributed by atoms with Crippen molar-refractivity contribution in [3.05, 3.63) is 29.8 Å². The van der Waals surface area contributed by atoms with Crippen LogP contribution in [0.4, 0.5) is 8.78 Å². The number of sulfone groups is 1. The topological polar surface area (TPSA) is 57.9 Å². The molecule has 1 aromatic rings. The fraction of sp³-hybridized carbons (Fsp3) is 0.125. The first-order chi connectivity index (χ1) is 6.49. The molecule has 0 spiro atoms. The monoisotopic (exact) mass is 217 g/mol. The molecule has 0 amide bonds. The molecule has 1 aromatic carbocycles. The van der Waals surface area contributed by atoms with E-state index in [2.05, 4.69) is 0 Å². The van der Waals surface area contributed by atoms with E-state index < -0.39 is 32.1 Å². The predicted octanol–water partition coefficient (Wildman–Crippen LogP) is 1.26. The van der Waals surface area contributed by atoms with E-state index in [4.69, 9.17) is 5.26 Å². The number of hydrogen-bond donors (Lipinski definition) is 0. The molecule has 6 heteroatoms. The molecule has 0 unspecified atom stereocenters. The number of hydrogen-bond acceptors (Lipinski definition) is 3. The average Bonchev–Trinajstić information content (AvgIpc) is 2.09. The zero-order chi connectivity index (χ0) is 10.8. The molecule has 0 aliphatic carbocycles. The fourth-order valence-electron chi connectivity index (χ4n) is 0.887. The first kappa shape index (κ1) is 10.6. The lowest BCUT2D eigenvalue weighted by atomic mass is 10.3. The highest BCUT2D eigenvalue weighted by Gasteiger charge is 2.20. The van der Waals surface area contributed by atoms with E-state index in [-0.39, 0.29) is 0 Å². The number of rotatable bonds is 2. The highest BCUT2D eigenvalue weighted by atomic mass is 32.2.